The highest BCUT2D eigenvalue weighted by Gasteiger charge is 2.09. The molecule has 0 saturated carbocycles. The lowest BCUT2D eigenvalue weighted by molar-refractivity contribution is 0.628. The van der Waals surface area contributed by atoms with Crippen LogP contribution in [-0.2, 0) is 13.6 Å². The van der Waals surface area contributed by atoms with Crippen LogP contribution in [0, 0.1) is 5.82 Å². The fourth-order valence-electron chi connectivity index (χ4n) is 1.36. The second-order valence-electron chi connectivity index (χ2n) is 3.40. The maximum atomic E-state index is 13.0. The number of rotatable bonds is 3. The number of aromatic nitrogens is 3. The molecule has 1 N–H and O–H groups in total. The molecule has 0 bridgehead atoms. The summed E-state index contributed by atoms with van der Waals surface area (Å²) in [5.74, 6) is 0.255. The summed E-state index contributed by atoms with van der Waals surface area (Å²) < 4.78 is 14.6. The van der Waals surface area contributed by atoms with Gasteiger partial charge in [0.25, 0.3) is 0 Å². The first-order valence-electron chi connectivity index (χ1n) is 4.79. The molecule has 17 heavy (non-hydrogen) atoms. The van der Waals surface area contributed by atoms with Crippen molar-refractivity contribution >= 4 is 28.9 Å². The van der Waals surface area contributed by atoms with Crippen molar-refractivity contribution in [3.8, 4) is 0 Å². The molecule has 0 radical (unpaired) electrons. The maximum Gasteiger partial charge on any atom is 0.145 e. The maximum absolute atomic E-state index is 13.0. The van der Waals surface area contributed by atoms with Crippen LogP contribution in [0.4, 0.5) is 10.1 Å². The first-order chi connectivity index (χ1) is 8.08. The van der Waals surface area contributed by atoms with Crippen molar-refractivity contribution in [1.29, 1.82) is 0 Å². The lowest BCUT2D eigenvalue weighted by atomic mass is 10.3. The van der Waals surface area contributed by atoms with E-state index in [0.717, 1.165) is 5.82 Å². The topological polar surface area (TPSA) is 42.7 Å². The van der Waals surface area contributed by atoms with Gasteiger partial charge in [0, 0.05) is 7.05 Å². The first-order valence-corrected chi connectivity index (χ1v) is 5.55. The van der Waals surface area contributed by atoms with E-state index in [1.54, 1.807) is 11.7 Å². The van der Waals surface area contributed by atoms with Crippen LogP contribution in [0.25, 0.3) is 0 Å². The second-order valence-corrected chi connectivity index (χ2v) is 4.21. The van der Waals surface area contributed by atoms with Crippen LogP contribution in [0.5, 0.6) is 0 Å². The Bertz CT molecular complexity index is 518. The Morgan fingerprint density at radius 2 is 2.00 bits per heavy atom. The molecule has 0 saturated heterocycles. The zero-order chi connectivity index (χ0) is 12.4. The van der Waals surface area contributed by atoms with Crippen LogP contribution in [0.3, 0.4) is 0 Å². The Kier molecular flexibility index (Phi) is 3.49. The zero-order valence-electron chi connectivity index (χ0n) is 8.91. The predicted octanol–water partition coefficient (Wildman–Crippen LogP) is 2.87. The van der Waals surface area contributed by atoms with Gasteiger partial charge < -0.3 is 5.32 Å². The number of nitrogens with zero attached hydrogens (tertiary/aromatic N) is 3. The minimum atomic E-state index is -0.468. The Balaban J connectivity index is 2.17. The highest BCUT2D eigenvalue weighted by atomic mass is 35.5. The molecule has 1 aromatic carbocycles. The third-order valence-corrected chi connectivity index (χ3v) is 2.83. The molecule has 0 fully saturated rings. The van der Waals surface area contributed by atoms with Gasteiger partial charge in [0.15, 0.2) is 0 Å². The highest BCUT2D eigenvalue weighted by Crippen LogP contribution is 2.31. The van der Waals surface area contributed by atoms with Crippen LogP contribution in [-0.4, -0.2) is 14.8 Å². The minimum Gasteiger partial charge on any atom is -0.375 e. The van der Waals surface area contributed by atoms with E-state index in [1.807, 2.05) is 0 Å². The fraction of sp³-hybridized carbons (Fsp3) is 0.200. The summed E-state index contributed by atoms with van der Waals surface area (Å²) in [4.78, 5) is 4.04. The molecule has 0 amide bonds. The van der Waals surface area contributed by atoms with Crippen molar-refractivity contribution in [2.75, 3.05) is 5.32 Å². The van der Waals surface area contributed by atoms with Crippen LogP contribution < -0.4 is 5.32 Å². The Morgan fingerprint density at radius 1 is 1.35 bits per heavy atom. The number of anilines is 1. The molecule has 0 unspecified atom stereocenters. The molecule has 2 aromatic rings. The number of benzene rings is 1. The van der Waals surface area contributed by atoms with Crippen LogP contribution in [0.15, 0.2) is 18.5 Å². The lowest BCUT2D eigenvalue weighted by Crippen LogP contribution is -2.07. The molecule has 90 valence electrons. The second kappa shape index (κ2) is 4.89. The van der Waals surface area contributed by atoms with Crippen LogP contribution in [0.2, 0.25) is 10.0 Å². The molecule has 1 aromatic heterocycles. The van der Waals surface area contributed by atoms with Crippen molar-refractivity contribution in [3.63, 3.8) is 0 Å². The average molecular weight is 275 g/mol. The summed E-state index contributed by atoms with van der Waals surface area (Å²) in [5, 5.41) is 7.39. The zero-order valence-corrected chi connectivity index (χ0v) is 10.4. The summed E-state index contributed by atoms with van der Waals surface area (Å²) in [7, 11) is 1.78. The standard InChI is InChI=1S/C10H9Cl2FN4/c1-17-9(15-5-16-17)4-14-10-7(11)2-6(13)3-8(10)12/h2-3,5,14H,4H2,1H3. The molecule has 0 atom stereocenters. The fourth-order valence-corrected chi connectivity index (χ4v) is 1.95. The number of hydrogen-bond acceptors (Lipinski definition) is 3. The molecule has 4 nitrogen and oxygen atoms in total. The van der Waals surface area contributed by atoms with E-state index < -0.39 is 5.82 Å². The molecule has 0 aliphatic rings. The minimum absolute atomic E-state index is 0.233. The van der Waals surface area contributed by atoms with E-state index in [1.165, 1.54) is 18.5 Å². The van der Waals surface area contributed by atoms with E-state index in [4.69, 9.17) is 23.2 Å². The van der Waals surface area contributed by atoms with E-state index >= 15 is 0 Å². The van der Waals surface area contributed by atoms with Crippen LogP contribution >= 0.6 is 23.2 Å². The van der Waals surface area contributed by atoms with Gasteiger partial charge >= 0.3 is 0 Å². The van der Waals surface area contributed by atoms with Gasteiger partial charge in [0.1, 0.15) is 18.0 Å². The molecular weight excluding hydrogens is 266 g/mol. The van der Waals surface area contributed by atoms with E-state index in [0.29, 0.717) is 12.2 Å². The Hall–Kier alpha value is -1.33. The van der Waals surface area contributed by atoms with Crippen molar-refractivity contribution in [2.45, 2.75) is 6.54 Å². The van der Waals surface area contributed by atoms with Crippen molar-refractivity contribution in [2.24, 2.45) is 7.05 Å². The quantitative estimate of drug-likeness (QED) is 0.936. The summed E-state index contributed by atoms with van der Waals surface area (Å²) in [5.41, 5.74) is 0.484. The van der Waals surface area contributed by atoms with Crippen molar-refractivity contribution < 1.29 is 4.39 Å². The van der Waals surface area contributed by atoms with Gasteiger partial charge in [0.2, 0.25) is 0 Å². The Morgan fingerprint density at radius 3 is 2.53 bits per heavy atom. The smallest absolute Gasteiger partial charge is 0.145 e. The predicted molar refractivity (Wildman–Crippen MR) is 64.7 cm³/mol. The van der Waals surface area contributed by atoms with Gasteiger partial charge in [-0.2, -0.15) is 5.10 Å². The monoisotopic (exact) mass is 274 g/mol. The lowest BCUT2D eigenvalue weighted by Gasteiger charge is -2.09. The molecule has 0 spiro atoms. The molecule has 0 aliphatic heterocycles. The first kappa shape index (κ1) is 12.1. The van der Waals surface area contributed by atoms with Gasteiger partial charge in [-0.15, -0.1) is 0 Å². The number of nitrogens with one attached hydrogen (secondary N) is 1. The number of aryl methyl sites for hydroxylation is 1. The normalized spacial score (nSPS) is 10.6. The highest BCUT2D eigenvalue weighted by molar-refractivity contribution is 6.39. The molecule has 1 heterocycles. The third kappa shape index (κ3) is 2.68. The molecule has 0 aliphatic carbocycles. The summed E-state index contributed by atoms with van der Waals surface area (Å²) in [6.45, 7) is 0.404. The van der Waals surface area contributed by atoms with Crippen LogP contribution in [0.1, 0.15) is 5.82 Å². The summed E-state index contributed by atoms with van der Waals surface area (Å²) in [6, 6.07) is 2.40. The van der Waals surface area contributed by atoms with Gasteiger partial charge in [0.05, 0.1) is 22.3 Å². The largest absolute Gasteiger partial charge is 0.375 e. The Labute approximate surface area is 107 Å². The molecular formula is C10H9Cl2FN4. The van der Waals surface area contributed by atoms with E-state index in [9.17, 15) is 4.39 Å². The summed E-state index contributed by atoms with van der Waals surface area (Å²) in [6.07, 6.45) is 1.45. The molecule has 2 rings (SSSR count). The number of halogens is 3. The average Bonchev–Trinajstić information content (AvgIpc) is 2.62. The van der Waals surface area contributed by atoms with Gasteiger partial charge in [-0.1, -0.05) is 23.2 Å². The van der Waals surface area contributed by atoms with Crippen molar-refractivity contribution in [3.05, 3.63) is 40.1 Å². The third-order valence-electron chi connectivity index (χ3n) is 2.24. The SMILES string of the molecule is Cn1ncnc1CNc1c(Cl)cc(F)cc1Cl. The van der Waals surface area contributed by atoms with Gasteiger partial charge in [-0.3, -0.25) is 4.68 Å². The van der Waals surface area contributed by atoms with E-state index in [2.05, 4.69) is 15.4 Å². The number of hydrogen-bond donors (Lipinski definition) is 1. The van der Waals surface area contributed by atoms with E-state index in [-0.39, 0.29) is 10.0 Å². The molecule has 7 heteroatoms. The van der Waals surface area contributed by atoms with Gasteiger partial charge in [-0.25, -0.2) is 9.37 Å². The van der Waals surface area contributed by atoms with Crippen molar-refractivity contribution in [1.82, 2.24) is 14.8 Å². The summed E-state index contributed by atoms with van der Waals surface area (Å²) >= 11 is 11.8. The van der Waals surface area contributed by atoms with Gasteiger partial charge in [-0.05, 0) is 12.1 Å².